The number of ketones is 1. The maximum absolute atomic E-state index is 11.5. The van der Waals surface area contributed by atoms with E-state index in [1.54, 1.807) is 0 Å². The number of hydrogen-bond acceptors (Lipinski definition) is 2. The van der Waals surface area contributed by atoms with Crippen LogP contribution in [0.5, 0.6) is 0 Å². The molecule has 1 aromatic carbocycles. The molecule has 0 unspecified atom stereocenters. The van der Waals surface area contributed by atoms with E-state index >= 15 is 0 Å². The molecule has 25 heavy (non-hydrogen) atoms. The van der Waals surface area contributed by atoms with E-state index < -0.39 is 8.24 Å². The molecular formula is C21H21NOSiZr. The molecule has 0 saturated carbocycles. The second-order valence-electron chi connectivity index (χ2n) is 6.49. The molecule has 4 heteroatoms. The van der Waals surface area contributed by atoms with Crippen molar-refractivity contribution in [3.05, 3.63) is 102 Å². The SMILES string of the molecule is C=C=C1[C-]=C(N[Si](C)(C)C)C=C1.C=C=C1[CH-]c2ccccc2C1=O.[Zr+2]. The van der Waals surface area contributed by atoms with Gasteiger partial charge in [-0.3, -0.25) is 0 Å². The van der Waals surface area contributed by atoms with Gasteiger partial charge in [0.25, 0.3) is 0 Å². The first-order chi connectivity index (χ1) is 11.3. The van der Waals surface area contributed by atoms with Crippen LogP contribution in [0.4, 0.5) is 0 Å². The Bertz CT molecular complexity index is 830. The first kappa shape index (κ1) is 21.2. The fraction of sp³-hybridized carbons (Fsp3) is 0.143. The number of Topliss-reactive ketones (excluding diaryl/α,β-unsaturated/α-hetero) is 1. The first-order valence-corrected chi connectivity index (χ1v) is 11.2. The van der Waals surface area contributed by atoms with Gasteiger partial charge in [0.1, 0.15) is 8.24 Å². The summed E-state index contributed by atoms with van der Waals surface area (Å²) in [6, 6.07) is 7.50. The fourth-order valence-corrected chi connectivity index (χ4v) is 3.26. The van der Waals surface area contributed by atoms with Gasteiger partial charge in [-0.1, -0.05) is 55.7 Å². The molecule has 2 nitrogen and oxygen atoms in total. The van der Waals surface area contributed by atoms with Crippen molar-refractivity contribution in [2.45, 2.75) is 19.6 Å². The van der Waals surface area contributed by atoms with Crippen molar-refractivity contribution in [2.24, 2.45) is 0 Å². The van der Waals surface area contributed by atoms with Gasteiger partial charge in [0.2, 0.25) is 0 Å². The van der Waals surface area contributed by atoms with Crippen molar-refractivity contribution in [2.75, 3.05) is 0 Å². The Morgan fingerprint density at radius 2 is 1.80 bits per heavy atom. The summed E-state index contributed by atoms with van der Waals surface area (Å²) in [5, 5.41) is 0. The Balaban J connectivity index is 0.000000240. The van der Waals surface area contributed by atoms with Gasteiger partial charge >= 0.3 is 26.2 Å². The van der Waals surface area contributed by atoms with E-state index in [1.807, 2.05) is 42.8 Å². The average molecular weight is 423 g/mol. The minimum absolute atomic E-state index is 0. The Morgan fingerprint density at radius 1 is 1.12 bits per heavy atom. The van der Waals surface area contributed by atoms with Crippen LogP contribution in [0.2, 0.25) is 19.6 Å². The number of rotatable bonds is 2. The van der Waals surface area contributed by atoms with E-state index in [-0.39, 0.29) is 32.0 Å². The molecule has 0 aliphatic heterocycles. The summed E-state index contributed by atoms with van der Waals surface area (Å²) in [5.41, 5.74) is 9.72. The molecule has 0 radical (unpaired) electrons. The minimum Gasteiger partial charge on any atom is -0.426 e. The Labute approximate surface area is 170 Å². The molecule has 0 heterocycles. The summed E-state index contributed by atoms with van der Waals surface area (Å²) in [7, 11) is -1.23. The van der Waals surface area contributed by atoms with E-state index in [9.17, 15) is 4.79 Å². The average Bonchev–Trinajstić information content (AvgIpc) is 3.11. The number of allylic oxidation sites excluding steroid dienone is 5. The van der Waals surface area contributed by atoms with Crippen LogP contribution < -0.4 is 4.98 Å². The van der Waals surface area contributed by atoms with Crippen molar-refractivity contribution in [3.63, 3.8) is 0 Å². The van der Waals surface area contributed by atoms with Crippen LogP contribution in [0.15, 0.2) is 77.9 Å². The van der Waals surface area contributed by atoms with Crippen molar-refractivity contribution < 1.29 is 31.0 Å². The predicted octanol–water partition coefficient (Wildman–Crippen LogP) is 4.52. The number of hydrogen-bond donors (Lipinski definition) is 1. The summed E-state index contributed by atoms with van der Waals surface area (Å²) < 4.78 is 0. The van der Waals surface area contributed by atoms with Crippen molar-refractivity contribution >= 4 is 14.0 Å². The van der Waals surface area contributed by atoms with E-state index in [2.05, 4.69) is 55.3 Å². The summed E-state index contributed by atoms with van der Waals surface area (Å²) >= 11 is 0. The smallest absolute Gasteiger partial charge is 0.426 e. The standard InChI is InChI=1S/C11H7O.C10H14NSi.Zr/c1-2-8-7-9-5-3-4-6-10(9)11(8)12;1-5-9-6-7-10(8-9)11-12(2,3)4;/h3-7H,1H2;6-7,11H,1H2,2-4H3;/q2*-1;+2. The van der Waals surface area contributed by atoms with Gasteiger partial charge in [-0.2, -0.15) is 12.2 Å². The monoisotopic (exact) mass is 421 g/mol. The number of fused-ring (bicyclic) bond motifs is 1. The zero-order chi connectivity index (χ0) is 17.7. The summed E-state index contributed by atoms with van der Waals surface area (Å²) in [6.45, 7) is 13.8. The van der Waals surface area contributed by atoms with Crippen molar-refractivity contribution in [1.29, 1.82) is 0 Å². The van der Waals surface area contributed by atoms with Gasteiger partial charge in [-0.15, -0.1) is 36.3 Å². The quantitative estimate of drug-likeness (QED) is 0.328. The Kier molecular flexibility index (Phi) is 7.67. The number of carbonyl (C=O) groups is 1. The second-order valence-corrected chi connectivity index (χ2v) is 11.2. The van der Waals surface area contributed by atoms with Crippen LogP contribution in [0.1, 0.15) is 15.9 Å². The topological polar surface area (TPSA) is 29.1 Å². The van der Waals surface area contributed by atoms with E-state index in [0.717, 1.165) is 22.4 Å². The van der Waals surface area contributed by atoms with Gasteiger partial charge in [-0.05, 0) is 5.57 Å². The van der Waals surface area contributed by atoms with Crippen LogP contribution in [0, 0.1) is 12.5 Å². The van der Waals surface area contributed by atoms with Crippen molar-refractivity contribution in [3.8, 4) is 0 Å². The van der Waals surface area contributed by atoms with E-state index in [4.69, 9.17) is 0 Å². The van der Waals surface area contributed by atoms with E-state index in [0.29, 0.717) is 5.57 Å². The van der Waals surface area contributed by atoms with Gasteiger partial charge in [-0.25, -0.2) is 11.5 Å². The van der Waals surface area contributed by atoms with Gasteiger partial charge in [0.15, 0.2) is 0 Å². The van der Waals surface area contributed by atoms with Crippen LogP contribution in [-0.2, 0) is 26.2 Å². The number of carbonyl (C=O) groups excluding carboxylic acids is 1. The van der Waals surface area contributed by atoms with Gasteiger partial charge in [0.05, 0.1) is 5.78 Å². The largest absolute Gasteiger partial charge is 2.00 e. The maximum atomic E-state index is 11.5. The molecule has 0 aromatic heterocycles. The molecule has 124 valence electrons. The first-order valence-electron chi connectivity index (χ1n) is 7.73. The van der Waals surface area contributed by atoms with E-state index in [1.165, 1.54) is 0 Å². The number of nitrogens with one attached hydrogen (secondary N) is 1. The molecule has 3 rings (SSSR count). The fourth-order valence-electron chi connectivity index (χ4n) is 2.30. The van der Waals surface area contributed by atoms with Crippen LogP contribution in [0.25, 0.3) is 0 Å². The zero-order valence-corrected chi connectivity index (χ0v) is 18.3. The summed E-state index contributed by atoms with van der Waals surface area (Å²) in [5.74, 6) is 0.0283. The summed E-state index contributed by atoms with van der Waals surface area (Å²) in [6.07, 6.45) is 8.97. The molecule has 0 bridgehead atoms. The van der Waals surface area contributed by atoms with Gasteiger partial charge in [0, 0.05) is 0 Å². The maximum Gasteiger partial charge on any atom is 2.00 e. The normalized spacial score (nSPS) is 14.2. The van der Waals surface area contributed by atoms with Crippen molar-refractivity contribution in [1.82, 2.24) is 4.98 Å². The molecular weight excluding hydrogens is 402 g/mol. The summed E-state index contributed by atoms with van der Waals surface area (Å²) in [4.78, 5) is 14.9. The Morgan fingerprint density at radius 3 is 2.32 bits per heavy atom. The molecule has 0 saturated heterocycles. The van der Waals surface area contributed by atoms with Crippen LogP contribution in [-0.4, -0.2) is 14.0 Å². The molecule has 0 atom stereocenters. The van der Waals surface area contributed by atoms with Gasteiger partial charge < -0.3 is 9.78 Å². The zero-order valence-electron chi connectivity index (χ0n) is 14.9. The molecule has 0 amide bonds. The molecule has 1 aromatic rings. The number of benzene rings is 1. The second kappa shape index (κ2) is 9.04. The van der Waals surface area contributed by atoms with Crippen LogP contribution in [0.3, 0.4) is 0 Å². The third-order valence-corrected chi connectivity index (χ3v) is 4.35. The Hall–Kier alpha value is -1.82. The third-order valence-electron chi connectivity index (χ3n) is 3.33. The molecule has 2 aliphatic rings. The molecule has 0 spiro atoms. The predicted molar refractivity (Wildman–Crippen MR) is 102 cm³/mol. The van der Waals surface area contributed by atoms with Crippen LogP contribution >= 0.6 is 0 Å². The minimum atomic E-state index is -1.23. The molecule has 0 fully saturated rings. The third kappa shape index (κ3) is 5.88. The molecule has 2 aliphatic carbocycles. The molecule has 1 N–H and O–H groups in total.